The predicted molar refractivity (Wildman–Crippen MR) is 159 cm³/mol. The highest BCUT2D eigenvalue weighted by Crippen LogP contribution is 2.72. The van der Waals surface area contributed by atoms with Crippen LogP contribution in [0.25, 0.3) is 0 Å². The summed E-state index contributed by atoms with van der Waals surface area (Å²) in [6, 6.07) is 23.9. The van der Waals surface area contributed by atoms with E-state index in [9.17, 15) is 19.5 Å². The lowest BCUT2D eigenvalue weighted by atomic mass is 9.66. The third kappa shape index (κ3) is 4.48. The fourth-order valence-electron chi connectivity index (χ4n) is 7.06. The number of carbonyl (C=O) groups is 3. The molecule has 3 heterocycles. The monoisotopic (exact) mass is 571 g/mol. The van der Waals surface area contributed by atoms with Gasteiger partial charge in [-0.15, -0.1) is 11.8 Å². The molecule has 0 saturated carbocycles. The summed E-state index contributed by atoms with van der Waals surface area (Å²) in [4.78, 5) is 44.2. The average molecular weight is 572 g/mol. The fourth-order valence-corrected chi connectivity index (χ4v) is 9.40. The predicted octanol–water partition coefficient (Wildman–Crippen LogP) is 4.49. The Morgan fingerprint density at radius 3 is 2.20 bits per heavy atom. The van der Waals surface area contributed by atoms with Crippen molar-refractivity contribution in [2.45, 2.75) is 41.3 Å². The number of methoxy groups -OCH3 is 1. The molecule has 1 spiro atoms. The first kappa shape index (κ1) is 27.4. The molecule has 2 bridgehead atoms. The largest absolute Gasteiger partial charge is 0.497 e. The Bertz CT molecular complexity index is 1450. The van der Waals surface area contributed by atoms with Crippen molar-refractivity contribution in [1.82, 2.24) is 4.90 Å². The molecule has 41 heavy (non-hydrogen) atoms. The highest BCUT2D eigenvalue weighted by molar-refractivity contribution is 8.02. The molecule has 3 aromatic carbocycles. The average Bonchev–Trinajstić information content (AvgIpc) is 3.56. The van der Waals surface area contributed by atoms with Crippen molar-refractivity contribution in [3.8, 4) is 5.75 Å². The van der Waals surface area contributed by atoms with Gasteiger partial charge in [-0.3, -0.25) is 14.4 Å². The zero-order chi connectivity index (χ0) is 28.8. The number of anilines is 2. The van der Waals surface area contributed by atoms with E-state index in [1.807, 2.05) is 67.6 Å². The van der Waals surface area contributed by atoms with Gasteiger partial charge >= 0.3 is 0 Å². The van der Waals surface area contributed by atoms with Crippen LogP contribution in [-0.2, 0) is 14.4 Å². The number of likely N-dealkylation sites (tertiary alicyclic amines) is 1. The molecule has 8 nitrogen and oxygen atoms in total. The number of thioether (sulfide) groups is 1. The Balaban J connectivity index is 1.41. The maximum Gasteiger partial charge on any atom is 0.248 e. The fraction of sp³-hybridized carbons (Fsp3) is 0.344. The summed E-state index contributed by atoms with van der Waals surface area (Å²) in [6.07, 6.45) is 1.31. The van der Waals surface area contributed by atoms with Crippen molar-refractivity contribution >= 4 is 40.9 Å². The van der Waals surface area contributed by atoms with Crippen LogP contribution in [0, 0.1) is 11.8 Å². The van der Waals surface area contributed by atoms with Gasteiger partial charge in [0.15, 0.2) is 0 Å². The lowest BCUT2D eigenvalue weighted by molar-refractivity contribution is -0.141. The van der Waals surface area contributed by atoms with Crippen LogP contribution in [0.15, 0.2) is 84.9 Å². The van der Waals surface area contributed by atoms with Crippen molar-refractivity contribution < 1.29 is 24.2 Å². The van der Waals surface area contributed by atoms with E-state index in [4.69, 9.17) is 4.74 Å². The molecular formula is C32H33N3O5S. The summed E-state index contributed by atoms with van der Waals surface area (Å²) in [5.74, 6) is -1.51. The number of rotatable bonds is 8. The van der Waals surface area contributed by atoms with Crippen LogP contribution in [0.5, 0.6) is 5.75 Å². The molecule has 212 valence electrons. The minimum absolute atomic E-state index is 0.220. The number of ether oxygens (including phenoxy) is 1. The molecule has 0 radical (unpaired) electrons. The maximum atomic E-state index is 14.5. The normalized spacial score (nSPS) is 28.7. The number of hydrogen-bond acceptors (Lipinski definition) is 6. The number of para-hydroxylation sites is 1. The van der Waals surface area contributed by atoms with E-state index >= 15 is 0 Å². The molecule has 9 heteroatoms. The Hall–Kier alpha value is -3.82. The smallest absolute Gasteiger partial charge is 0.248 e. The number of benzene rings is 3. The standard InChI is InChI=1S/C32H33N3O5S/c1-31-17-18-32(41-31)26(25(31)28(37)33-21-11-7-4-8-12-21)30(39)35(24(19-36)20-9-5-3-6-10-20)27(32)29(38)34-22-13-15-23(40-2)16-14-22/h3-16,24-27,36H,17-19H2,1-2H3,(H,33,37)(H,34,38)/t24-,25+,26+,27?,31-,32?/m1/s1. The van der Waals surface area contributed by atoms with E-state index < -0.39 is 33.4 Å². The second-order valence-electron chi connectivity index (χ2n) is 11.2. The zero-order valence-electron chi connectivity index (χ0n) is 22.9. The molecule has 3 N–H and O–H groups in total. The molecule has 2 unspecified atom stereocenters. The lowest BCUT2D eigenvalue weighted by Gasteiger charge is -2.37. The van der Waals surface area contributed by atoms with Gasteiger partial charge in [-0.1, -0.05) is 48.5 Å². The molecule has 3 aliphatic heterocycles. The Labute approximate surface area is 243 Å². The zero-order valence-corrected chi connectivity index (χ0v) is 23.8. The van der Waals surface area contributed by atoms with Crippen molar-refractivity contribution in [3.63, 3.8) is 0 Å². The summed E-state index contributed by atoms with van der Waals surface area (Å²) in [5, 5.41) is 16.7. The van der Waals surface area contributed by atoms with Gasteiger partial charge in [-0.05, 0) is 61.7 Å². The first-order valence-electron chi connectivity index (χ1n) is 13.8. The second-order valence-corrected chi connectivity index (χ2v) is 13.1. The first-order valence-corrected chi connectivity index (χ1v) is 14.6. The third-order valence-corrected chi connectivity index (χ3v) is 10.8. The summed E-state index contributed by atoms with van der Waals surface area (Å²) >= 11 is 1.60. The number of nitrogens with one attached hydrogen (secondary N) is 2. The van der Waals surface area contributed by atoms with Crippen molar-refractivity contribution in [2.75, 3.05) is 24.4 Å². The van der Waals surface area contributed by atoms with Crippen molar-refractivity contribution in [3.05, 3.63) is 90.5 Å². The molecule has 3 aromatic rings. The highest BCUT2D eigenvalue weighted by Gasteiger charge is 2.77. The molecule has 6 atom stereocenters. The molecule has 6 rings (SSSR count). The van der Waals surface area contributed by atoms with Gasteiger partial charge in [0.25, 0.3) is 0 Å². The minimum Gasteiger partial charge on any atom is -0.497 e. The van der Waals surface area contributed by atoms with E-state index in [2.05, 4.69) is 10.6 Å². The van der Waals surface area contributed by atoms with Gasteiger partial charge in [0.2, 0.25) is 17.7 Å². The highest BCUT2D eigenvalue weighted by atomic mass is 32.2. The van der Waals surface area contributed by atoms with E-state index in [-0.39, 0.29) is 24.3 Å². The molecule has 3 fully saturated rings. The minimum atomic E-state index is -0.888. The van der Waals surface area contributed by atoms with Gasteiger partial charge in [0.05, 0.1) is 36.3 Å². The van der Waals surface area contributed by atoms with Gasteiger partial charge in [0, 0.05) is 16.1 Å². The van der Waals surface area contributed by atoms with Crippen LogP contribution in [0.3, 0.4) is 0 Å². The van der Waals surface area contributed by atoms with Crippen LogP contribution in [0.1, 0.15) is 31.4 Å². The number of fused-ring (bicyclic) bond motifs is 1. The van der Waals surface area contributed by atoms with Gasteiger partial charge in [0.1, 0.15) is 11.8 Å². The number of aliphatic hydroxyl groups is 1. The second kappa shape index (κ2) is 10.5. The van der Waals surface area contributed by atoms with Crippen LogP contribution in [0.4, 0.5) is 11.4 Å². The summed E-state index contributed by atoms with van der Waals surface area (Å²) in [5.41, 5.74) is 1.97. The Morgan fingerprint density at radius 2 is 1.56 bits per heavy atom. The Morgan fingerprint density at radius 1 is 0.951 bits per heavy atom. The third-order valence-electron chi connectivity index (χ3n) is 8.84. The SMILES string of the molecule is COc1ccc(NC(=O)C2N([C@H](CO)c3ccccc3)C(=O)[C@@H]3[C@@H](C(=O)Nc4ccccc4)[C@@]4(C)CCC23S4)cc1. The van der Waals surface area contributed by atoms with Gasteiger partial charge in [-0.25, -0.2) is 0 Å². The van der Waals surface area contributed by atoms with Crippen LogP contribution in [-0.4, -0.2) is 57.0 Å². The van der Waals surface area contributed by atoms with Crippen LogP contribution >= 0.6 is 11.8 Å². The lowest BCUT2D eigenvalue weighted by Crippen LogP contribution is -2.52. The molecular weight excluding hydrogens is 538 g/mol. The van der Waals surface area contributed by atoms with Crippen LogP contribution < -0.4 is 15.4 Å². The Kier molecular flexibility index (Phi) is 7.03. The van der Waals surface area contributed by atoms with E-state index in [1.165, 1.54) is 0 Å². The summed E-state index contributed by atoms with van der Waals surface area (Å²) in [7, 11) is 1.58. The quantitative estimate of drug-likeness (QED) is 0.368. The van der Waals surface area contributed by atoms with E-state index in [0.717, 1.165) is 5.56 Å². The number of carbonyl (C=O) groups excluding carboxylic acids is 3. The van der Waals surface area contributed by atoms with E-state index in [0.29, 0.717) is 30.0 Å². The maximum absolute atomic E-state index is 14.5. The van der Waals surface area contributed by atoms with E-state index in [1.54, 1.807) is 48.0 Å². The number of nitrogens with zero attached hydrogens (tertiary/aromatic N) is 1. The molecule has 3 saturated heterocycles. The molecule has 0 aliphatic carbocycles. The topological polar surface area (TPSA) is 108 Å². The van der Waals surface area contributed by atoms with Gasteiger partial charge < -0.3 is 25.4 Å². The summed E-state index contributed by atoms with van der Waals surface area (Å²) in [6.45, 7) is 1.68. The number of amides is 3. The first-order chi connectivity index (χ1) is 19.8. The summed E-state index contributed by atoms with van der Waals surface area (Å²) < 4.78 is 3.92. The molecule has 3 aliphatic rings. The van der Waals surface area contributed by atoms with Crippen molar-refractivity contribution in [1.29, 1.82) is 0 Å². The van der Waals surface area contributed by atoms with Gasteiger partial charge in [-0.2, -0.15) is 0 Å². The number of hydrogen-bond donors (Lipinski definition) is 3. The molecule has 0 aromatic heterocycles. The molecule has 3 amide bonds. The number of aliphatic hydroxyl groups excluding tert-OH is 1. The van der Waals surface area contributed by atoms with Crippen LogP contribution in [0.2, 0.25) is 0 Å². The van der Waals surface area contributed by atoms with Crippen molar-refractivity contribution in [2.24, 2.45) is 11.8 Å².